The summed E-state index contributed by atoms with van der Waals surface area (Å²) in [4.78, 5) is 10.8. The molecule has 0 aliphatic rings. The second-order valence-corrected chi connectivity index (χ2v) is 4.66. The molecule has 0 unspecified atom stereocenters. The van der Waals surface area contributed by atoms with Crippen molar-refractivity contribution >= 4 is 5.97 Å². The maximum Gasteiger partial charge on any atom is 0.374 e. The summed E-state index contributed by atoms with van der Waals surface area (Å²) in [5.41, 5.74) is 0.658. The van der Waals surface area contributed by atoms with Crippen LogP contribution in [0.15, 0.2) is 22.7 Å². The summed E-state index contributed by atoms with van der Waals surface area (Å²) in [6, 6.07) is 4.06. The maximum absolute atomic E-state index is 13.7. The number of nitrogens with zero attached hydrogens (tertiary/aromatic N) is 1. The zero-order chi connectivity index (χ0) is 15.8. The van der Waals surface area contributed by atoms with E-state index in [1.54, 1.807) is 13.0 Å². The molecular weight excluding hydrogens is 284 g/mol. The first kappa shape index (κ1) is 15.0. The Balaban J connectivity index is 2.67. The minimum Gasteiger partial charge on any atom is -0.496 e. The molecule has 0 fully saturated rings. The van der Waals surface area contributed by atoms with Crippen LogP contribution in [0.4, 0.5) is 8.78 Å². The number of hydrogen-bond acceptors (Lipinski definition) is 4. The lowest BCUT2D eigenvalue weighted by molar-refractivity contribution is 0.0151. The minimum absolute atomic E-state index is 0.0571. The number of alkyl halides is 2. The molecule has 0 aliphatic carbocycles. The fourth-order valence-electron chi connectivity index (χ4n) is 2.01. The molecule has 2 aromatic rings. The summed E-state index contributed by atoms with van der Waals surface area (Å²) in [6.07, 6.45) is 0. The third-order valence-electron chi connectivity index (χ3n) is 2.91. The summed E-state index contributed by atoms with van der Waals surface area (Å²) in [7, 11) is 1.27. The van der Waals surface area contributed by atoms with Crippen LogP contribution >= 0.6 is 0 Å². The molecule has 0 bridgehead atoms. The van der Waals surface area contributed by atoms with Crippen molar-refractivity contribution in [2.75, 3.05) is 7.11 Å². The minimum atomic E-state index is -3.11. The lowest BCUT2D eigenvalue weighted by atomic mass is 9.98. The van der Waals surface area contributed by atoms with Gasteiger partial charge in [-0.05, 0) is 24.6 Å². The molecule has 2 rings (SSSR count). The third kappa shape index (κ3) is 2.86. The molecule has 0 amide bonds. The van der Waals surface area contributed by atoms with Crippen LogP contribution < -0.4 is 4.74 Å². The van der Waals surface area contributed by atoms with Gasteiger partial charge in [0.1, 0.15) is 11.4 Å². The van der Waals surface area contributed by atoms with Crippen molar-refractivity contribution in [2.45, 2.75) is 19.8 Å². The van der Waals surface area contributed by atoms with E-state index in [2.05, 4.69) is 9.68 Å². The van der Waals surface area contributed by atoms with Gasteiger partial charge in [0.25, 0.3) is 5.92 Å². The van der Waals surface area contributed by atoms with Crippen LogP contribution in [0.2, 0.25) is 0 Å². The Kier molecular flexibility index (Phi) is 3.67. The highest BCUT2D eigenvalue weighted by molar-refractivity contribution is 5.86. The Morgan fingerprint density at radius 1 is 1.38 bits per heavy atom. The highest BCUT2D eigenvalue weighted by Gasteiger charge is 2.31. The summed E-state index contributed by atoms with van der Waals surface area (Å²) in [5, 5.41) is 12.4. The van der Waals surface area contributed by atoms with Gasteiger partial charge in [-0.3, -0.25) is 0 Å². The van der Waals surface area contributed by atoms with Gasteiger partial charge in [-0.1, -0.05) is 5.16 Å². The van der Waals surface area contributed by atoms with E-state index in [4.69, 9.17) is 9.84 Å². The number of hydrogen-bond donors (Lipinski definition) is 1. The van der Waals surface area contributed by atoms with Gasteiger partial charge in [-0.2, -0.15) is 0 Å². The molecule has 7 heteroatoms. The van der Waals surface area contributed by atoms with Crippen molar-refractivity contribution in [3.05, 3.63) is 35.1 Å². The van der Waals surface area contributed by atoms with Gasteiger partial charge in [0.05, 0.1) is 12.7 Å². The summed E-state index contributed by atoms with van der Waals surface area (Å²) >= 11 is 0. The SMILES string of the molecule is COc1c(-c2cc(C(=O)O)on2)cc(C)cc1C(C)(F)F. The van der Waals surface area contributed by atoms with Crippen LogP contribution in [0.3, 0.4) is 0 Å². The van der Waals surface area contributed by atoms with E-state index in [0.717, 1.165) is 13.0 Å². The van der Waals surface area contributed by atoms with E-state index in [0.29, 0.717) is 5.56 Å². The van der Waals surface area contributed by atoms with Crippen molar-refractivity contribution in [3.8, 4) is 17.0 Å². The van der Waals surface area contributed by atoms with E-state index in [1.807, 2.05) is 0 Å². The zero-order valence-electron chi connectivity index (χ0n) is 11.6. The number of carbonyl (C=O) groups is 1. The number of carboxylic acids is 1. The number of halogens is 2. The molecule has 0 radical (unpaired) electrons. The monoisotopic (exact) mass is 297 g/mol. The fraction of sp³-hybridized carbons (Fsp3) is 0.286. The highest BCUT2D eigenvalue weighted by Crippen LogP contribution is 2.41. The molecule has 1 aromatic carbocycles. The summed E-state index contributed by atoms with van der Waals surface area (Å²) < 4.78 is 37.1. The second kappa shape index (κ2) is 5.16. The maximum atomic E-state index is 13.7. The molecule has 5 nitrogen and oxygen atoms in total. The average molecular weight is 297 g/mol. The predicted molar refractivity (Wildman–Crippen MR) is 69.8 cm³/mol. The number of benzene rings is 1. The van der Waals surface area contributed by atoms with Gasteiger partial charge in [0, 0.05) is 18.6 Å². The number of aryl methyl sites for hydroxylation is 1. The van der Waals surface area contributed by atoms with Crippen LogP contribution in [0.5, 0.6) is 5.75 Å². The molecule has 0 spiro atoms. The van der Waals surface area contributed by atoms with Crippen LogP contribution in [-0.2, 0) is 5.92 Å². The Labute approximate surface area is 119 Å². The third-order valence-corrected chi connectivity index (χ3v) is 2.91. The lowest BCUT2D eigenvalue weighted by Crippen LogP contribution is -2.10. The fourth-order valence-corrected chi connectivity index (χ4v) is 2.01. The zero-order valence-corrected chi connectivity index (χ0v) is 11.6. The molecule has 0 saturated carbocycles. The Morgan fingerprint density at radius 2 is 2.05 bits per heavy atom. The Morgan fingerprint density at radius 3 is 2.52 bits per heavy atom. The quantitative estimate of drug-likeness (QED) is 0.935. The van der Waals surface area contributed by atoms with Crippen LogP contribution in [0, 0.1) is 6.92 Å². The molecule has 0 aliphatic heterocycles. The number of methoxy groups -OCH3 is 1. The summed E-state index contributed by atoms with van der Waals surface area (Å²) in [5.74, 6) is -4.83. The molecule has 1 N–H and O–H groups in total. The predicted octanol–water partition coefficient (Wildman–Crippen LogP) is 3.47. The topological polar surface area (TPSA) is 72.6 Å². The smallest absolute Gasteiger partial charge is 0.374 e. The van der Waals surface area contributed by atoms with Crippen molar-refractivity contribution in [1.82, 2.24) is 5.16 Å². The Bertz CT molecular complexity index is 689. The van der Waals surface area contributed by atoms with Gasteiger partial charge in [-0.25, -0.2) is 13.6 Å². The molecule has 112 valence electrons. The molecule has 1 heterocycles. The first-order valence-corrected chi connectivity index (χ1v) is 6.01. The number of aromatic nitrogens is 1. The van der Waals surface area contributed by atoms with Crippen LogP contribution in [0.25, 0.3) is 11.3 Å². The number of aromatic carboxylic acids is 1. The average Bonchev–Trinajstić information content (AvgIpc) is 2.86. The molecule has 0 saturated heterocycles. The van der Waals surface area contributed by atoms with Crippen molar-refractivity contribution in [2.24, 2.45) is 0 Å². The van der Waals surface area contributed by atoms with Gasteiger partial charge < -0.3 is 14.4 Å². The second-order valence-electron chi connectivity index (χ2n) is 4.66. The first-order chi connectivity index (χ1) is 9.74. The van der Waals surface area contributed by atoms with Crippen molar-refractivity contribution < 1.29 is 27.9 Å². The summed E-state index contributed by atoms with van der Waals surface area (Å²) in [6.45, 7) is 2.41. The number of carboxylic acid groups (broad SMARTS) is 1. The first-order valence-electron chi connectivity index (χ1n) is 6.01. The largest absolute Gasteiger partial charge is 0.496 e. The van der Waals surface area contributed by atoms with Crippen LogP contribution in [-0.4, -0.2) is 23.3 Å². The van der Waals surface area contributed by atoms with Crippen LogP contribution in [0.1, 0.15) is 28.6 Å². The van der Waals surface area contributed by atoms with E-state index in [-0.39, 0.29) is 28.3 Å². The Hall–Kier alpha value is -2.44. The lowest BCUT2D eigenvalue weighted by Gasteiger charge is -2.18. The van der Waals surface area contributed by atoms with Gasteiger partial charge in [0.2, 0.25) is 5.76 Å². The van der Waals surface area contributed by atoms with Gasteiger partial charge >= 0.3 is 5.97 Å². The van der Waals surface area contributed by atoms with Crippen molar-refractivity contribution in [1.29, 1.82) is 0 Å². The number of ether oxygens (including phenoxy) is 1. The normalized spacial score (nSPS) is 11.5. The van der Waals surface area contributed by atoms with E-state index in [9.17, 15) is 13.6 Å². The van der Waals surface area contributed by atoms with E-state index >= 15 is 0 Å². The molecule has 1 aromatic heterocycles. The highest BCUT2D eigenvalue weighted by atomic mass is 19.3. The van der Waals surface area contributed by atoms with Gasteiger partial charge in [-0.15, -0.1) is 0 Å². The molecule has 0 atom stereocenters. The standard InChI is InChI=1S/C14H13F2NO4/c1-7-4-8(10-6-11(13(18)19)21-17-10)12(20-3)9(5-7)14(2,15)16/h4-6H,1-3H3,(H,18,19). The van der Waals surface area contributed by atoms with E-state index < -0.39 is 11.9 Å². The van der Waals surface area contributed by atoms with Crippen molar-refractivity contribution in [3.63, 3.8) is 0 Å². The van der Waals surface area contributed by atoms with Gasteiger partial charge in [0.15, 0.2) is 0 Å². The molecule has 21 heavy (non-hydrogen) atoms. The number of rotatable bonds is 4. The van der Waals surface area contributed by atoms with E-state index in [1.165, 1.54) is 13.2 Å². The molecular formula is C14H13F2NO4.